The van der Waals surface area contributed by atoms with Crippen LogP contribution >= 0.6 is 0 Å². The molecule has 0 aromatic carbocycles. The lowest BCUT2D eigenvalue weighted by Gasteiger charge is -2.19. The van der Waals surface area contributed by atoms with Gasteiger partial charge in [-0.15, -0.1) is 0 Å². The molecule has 0 aliphatic heterocycles. The van der Waals surface area contributed by atoms with Crippen molar-refractivity contribution in [1.82, 2.24) is 5.32 Å². The van der Waals surface area contributed by atoms with Gasteiger partial charge in [-0.3, -0.25) is 4.79 Å². The molecule has 0 aromatic heterocycles. The molecule has 0 aliphatic rings. The summed E-state index contributed by atoms with van der Waals surface area (Å²) in [6, 6.07) is -0.659. The van der Waals surface area contributed by atoms with E-state index in [-0.39, 0.29) is 12.5 Å². The van der Waals surface area contributed by atoms with E-state index >= 15 is 0 Å². The molecule has 0 bridgehead atoms. The van der Waals surface area contributed by atoms with Crippen molar-refractivity contribution < 1.29 is 15.0 Å². The third kappa shape index (κ3) is 62.7. The maximum atomic E-state index is 12.5. The number of aliphatic hydroxyl groups excluding tert-OH is 2. The van der Waals surface area contributed by atoms with Crippen LogP contribution in [0.2, 0.25) is 0 Å². The van der Waals surface area contributed by atoms with Crippen LogP contribution < -0.4 is 5.32 Å². The molecule has 436 valence electrons. The molecule has 0 spiro atoms. The van der Waals surface area contributed by atoms with E-state index in [9.17, 15) is 15.0 Å². The lowest BCUT2D eigenvalue weighted by molar-refractivity contribution is -0.123. The number of amides is 1. The zero-order chi connectivity index (χ0) is 55.5. The van der Waals surface area contributed by atoms with Crippen molar-refractivity contribution in [3.8, 4) is 0 Å². The average molecular weight is 1060 g/mol. The Labute approximate surface area is 477 Å². The maximum absolute atomic E-state index is 12.5. The molecular formula is C73H121NO3. The van der Waals surface area contributed by atoms with E-state index in [1.165, 1.54) is 148 Å². The third-order valence-electron chi connectivity index (χ3n) is 13.8. The van der Waals surface area contributed by atoms with Gasteiger partial charge in [-0.05, 0) is 109 Å². The summed E-state index contributed by atoms with van der Waals surface area (Å²) in [4.78, 5) is 12.5. The number of hydrogen-bond acceptors (Lipinski definition) is 3. The highest BCUT2D eigenvalue weighted by molar-refractivity contribution is 5.76. The van der Waals surface area contributed by atoms with Crippen LogP contribution in [-0.4, -0.2) is 34.9 Å². The van der Waals surface area contributed by atoms with Crippen LogP contribution in [0.1, 0.15) is 277 Å². The number of allylic oxidation sites excluding steroid dienone is 25. The van der Waals surface area contributed by atoms with Gasteiger partial charge < -0.3 is 15.5 Å². The lowest BCUT2D eigenvalue weighted by Crippen LogP contribution is -2.45. The Morgan fingerprint density at radius 3 is 0.857 bits per heavy atom. The van der Waals surface area contributed by atoms with Gasteiger partial charge in [0.25, 0.3) is 0 Å². The van der Waals surface area contributed by atoms with Gasteiger partial charge in [-0.25, -0.2) is 0 Å². The number of carbonyl (C=O) groups is 1. The van der Waals surface area contributed by atoms with Crippen LogP contribution in [-0.2, 0) is 4.79 Å². The van der Waals surface area contributed by atoms with Gasteiger partial charge in [0.15, 0.2) is 0 Å². The molecule has 0 fully saturated rings. The first-order valence-electron chi connectivity index (χ1n) is 32.2. The minimum atomic E-state index is -0.871. The van der Waals surface area contributed by atoms with Crippen LogP contribution in [0.5, 0.6) is 0 Å². The van der Waals surface area contributed by atoms with Crippen molar-refractivity contribution in [2.24, 2.45) is 0 Å². The lowest BCUT2D eigenvalue weighted by atomic mass is 10.0. The van der Waals surface area contributed by atoms with Crippen molar-refractivity contribution in [2.75, 3.05) is 6.61 Å². The normalized spacial score (nSPS) is 13.9. The quantitative estimate of drug-likeness (QED) is 0.0420. The number of rotatable bonds is 57. The van der Waals surface area contributed by atoms with E-state index in [2.05, 4.69) is 165 Å². The van der Waals surface area contributed by atoms with Crippen LogP contribution in [0.25, 0.3) is 0 Å². The van der Waals surface area contributed by atoms with Crippen molar-refractivity contribution >= 4 is 5.91 Å². The number of aliphatic hydroxyl groups is 2. The molecule has 0 aromatic rings. The molecule has 1 amide bonds. The van der Waals surface area contributed by atoms with Gasteiger partial charge >= 0.3 is 0 Å². The molecule has 2 atom stereocenters. The number of unbranched alkanes of at least 4 members (excludes halogenated alkanes) is 26. The third-order valence-corrected chi connectivity index (χ3v) is 13.8. The predicted molar refractivity (Wildman–Crippen MR) is 344 cm³/mol. The van der Waals surface area contributed by atoms with E-state index in [0.717, 1.165) is 109 Å². The van der Waals surface area contributed by atoms with Gasteiger partial charge in [0, 0.05) is 6.42 Å². The second-order valence-electron chi connectivity index (χ2n) is 21.1. The first-order valence-corrected chi connectivity index (χ1v) is 32.2. The molecule has 0 saturated carbocycles. The Hall–Kier alpha value is -3.99. The second-order valence-corrected chi connectivity index (χ2v) is 21.1. The molecule has 4 nitrogen and oxygen atoms in total. The van der Waals surface area contributed by atoms with Gasteiger partial charge in [-0.1, -0.05) is 320 Å². The van der Waals surface area contributed by atoms with E-state index < -0.39 is 12.1 Å². The Balaban J connectivity index is 3.69. The van der Waals surface area contributed by atoms with Crippen LogP contribution in [0.4, 0.5) is 0 Å². The molecule has 3 N–H and O–H groups in total. The largest absolute Gasteiger partial charge is 0.394 e. The predicted octanol–water partition coefficient (Wildman–Crippen LogP) is 22.1. The minimum absolute atomic E-state index is 0.110. The summed E-state index contributed by atoms with van der Waals surface area (Å²) in [6.07, 6.45) is 106. The van der Waals surface area contributed by atoms with Gasteiger partial charge in [0.2, 0.25) is 5.91 Å². The first kappa shape index (κ1) is 73.0. The monoisotopic (exact) mass is 1060 g/mol. The maximum Gasteiger partial charge on any atom is 0.220 e. The fraction of sp³-hybridized carbons (Fsp3) is 0.630. The second kappa shape index (κ2) is 66.3. The van der Waals surface area contributed by atoms with E-state index in [1.54, 1.807) is 6.08 Å². The summed E-state index contributed by atoms with van der Waals surface area (Å²) >= 11 is 0. The fourth-order valence-corrected chi connectivity index (χ4v) is 8.93. The Bertz CT molecular complexity index is 1630. The Morgan fingerprint density at radius 1 is 0.325 bits per heavy atom. The van der Waals surface area contributed by atoms with Crippen molar-refractivity contribution in [3.05, 3.63) is 158 Å². The van der Waals surface area contributed by atoms with Gasteiger partial charge in [0.1, 0.15) is 0 Å². The van der Waals surface area contributed by atoms with Crippen molar-refractivity contribution in [1.29, 1.82) is 0 Å². The molecule has 0 saturated heterocycles. The average Bonchev–Trinajstić information content (AvgIpc) is 3.43. The molecule has 0 radical (unpaired) electrons. The molecule has 2 unspecified atom stereocenters. The number of hydrogen-bond donors (Lipinski definition) is 3. The van der Waals surface area contributed by atoms with Crippen LogP contribution in [0, 0.1) is 0 Å². The van der Waals surface area contributed by atoms with Crippen LogP contribution in [0.3, 0.4) is 0 Å². The summed E-state index contributed by atoms with van der Waals surface area (Å²) in [5.41, 5.74) is 0. The minimum Gasteiger partial charge on any atom is -0.394 e. The standard InChI is InChI=1S/C73H121NO3/c1-3-5-7-9-11-13-15-17-19-21-23-25-27-29-31-32-33-34-35-36-37-38-39-40-41-42-43-45-47-49-51-53-55-57-59-61-63-65-67-69-73(77)74-71(70-75)72(76)68-66-64-62-60-58-56-54-52-50-48-46-44-30-28-26-24-22-20-18-16-14-12-10-8-6-4-2/h5,7,11,13,17,19,23,25,29,31,33-34,36-37,39-40,42-43,47,49,53,55,59,61,66,68,71-72,75-76H,3-4,6,8-10,12,14-16,18,20-22,24,26-28,30,32,35,38,41,44-46,48,50-52,54,56-58,60,62-65,67,69-70H2,1-2H3,(H,74,77)/b7-5-,13-11-,19-17-,25-23-,31-29-,34-33-,37-36-,40-39-,43-42-,49-47-,55-53-,61-59-,68-66+. The van der Waals surface area contributed by atoms with E-state index in [1.807, 2.05) is 6.08 Å². The highest BCUT2D eigenvalue weighted by Crippen LogP contribution is 2.16. The van der Waals surface area contributed by atoms with Crippen molar-refractivity contribution in [2.45, 2.75) is 289 Å². The van der Waals surface area contributed by atoms with Crippen molar-refractivity contribution in [3.63, 3.8) is 0 Å². The summed E-state index contributed by atoms with van der Waals surface area (Å²) in [6.45, 7) is 4.19. The van der Waals surface area contributed by atoms with Crippen LogP contribution in [0.15, 0.2) is 158 Å². The molecule has 0 heterocycles. The zero-order valence-electron chi connectivity index (χ0n) is 50.2. The zero-order valence-corrected chi connectivity index (χ0v) is 50.2. The summed E-state index contributed by atoms with van der Waals surface area (Å²) in [5.74, 6) is -0.110. The molecular weight excluding hydrogens is 939 g/mol. The van der Waals surface area contributed by atoms with E-state index in [0.29, 0.717) is 6.42 Å². The summed E-state index contributed by atoms with van der Waals surface area (Å²) in [5, 5.41) is 23.2. The fourth-order valence-electron chi connectivity index (χ4n) is 8.93. The van der Waals surface area contributed by atoms with Gasteiger partial charge in [0.05, 0.1) is 18.8 Å². The molecule has 77 heavy (non-hydrogen) atoms. The highest BCUT2D eigenvalue weighted by atomic mass is 16.3. The number of nitrogens with one attached hydrogen (secondary N) is 1. The SMILES string of the molecule is CC/C=C\C/C=C\C/C=C\C/C=C\C/C=C\C/C=C\C/C=C\C/C=C\C/C=C\C/C=C\C/C=C\C/C=C\CCCCC(=O)NC(CO)C(O)/C=C/CCCCCCCCCCCCCCCCCCCCCCCCCC. The summed E-state index contributed by atoms with van der Waals surface area (Å²) in [7, 11) is 0. The molecule has 0 rings (SSSR count). The smallest absolute Gasteiger partial charge is 0.220 e. The number of carbonyl (C=O) groups excluding carboxylic acids is 1. The Morgan fingerprint density at radius 2 is 0.571 bits per heavy atom. The molecule has 0 aliphatic carbocycles. The summed E-state index contributed by atoms with van der Waals surface area (Å²) < 4.78 is 0. The highest BCUT2D eigenvalue weighted by Gasteiger charge is 2.18. The van der Waals surface area contributed by atoms with Gasteiger partial charge in [-0.2, -0.15) is 0 Å². The topological polar surface area (TPSA) is 69.6 Å². The Kier molecular flexibility index (Phi) is 62.9. The van der Waals surface area contributed by atoms with E-state index in [4.69, 9.17) is 0 Å². The molecule has 4 heteroatoms. The first-order chi connectivity index (χ1) is 38.2.